The highest BCUT2D eigenvalue weighted by Gasteiger charge is 2.51. The van der Waals surface area contributed by atoms with E-state index in [1.807, 2.05) is 0 Å². The van der Waals surface area contributed by atoms with Crippen LogP contribution in [0.1, 0.15) is 168 Å². The Morgan fingerprint density at radius 2 is 1.04 bits per heavy atom. The number of ether oxygens (including phenoxy) is 2. The van der Waals surface area contributed by atoms with Crippen LogP contribution in [0.25, 0.3) is 0 Å². The number of phosphoric acid groups is 1. The lowest BCUT2D eigenvalue weighted by molar-refractivity contribution is -0.220. The maximum atomic E-state index is 12.7. The van der Waals surface area contributed by atoms with Crippen LogP contribution >= 0.6 is 7.82 Å². The summed E-state index contributed by atoms with van der Waals surface area (Å²) >= 11 is 0. The molecule has 52 heavy (non-hydrogen) atoms. The number of carbonyl (C=O) groups excluding carboxylic acids is 1. The van der Waals surface area contributed by atoms with E-state index in [0.29, 0.717) is 13.0 Å². The lowest BCUT2D eigenvalue weighted by Gasteiger charge is -2.41. The third kappa shape index (κ3) is 23.8. The van der Waals surface area contributed by atoms with Gasteiger partial charge in [0.25, 0.3) is 0 Å². The van der Waals surface area contributed by atoms with Crippen molar-refractivity contribution in [1.82, 2.24) is 0 Å². The predicted octanol–water partition coefficient (Wildman–Crippen LogP) is 7.19. The van der Waals surface area contributed by atoms with Gasteiger partial charge < -0.3 is 39.9 Å². The van der Waals surface area contributed by atoms with Crippen LogP contribution < -0.4 is 0 Å². The van der Waals surface area contributed by atoms with Gasteiger partial charge in [-0.05, 0) is 32.1 Å². The summed E-state index contributed by atoms with van der Waals surface area (Å²) in [4.78, 5) is 23.0. The lowest BCUT2D eigenvalue weighted by atomic mass is 9.85. The first-order chi connectivity index (χ1) is 25.0. The maximum Gasteiger partial charge on any atom is 0.472 e. The summed E-state index contributed by atoms with van der Waals surface area (Å²) in [6.07, 6.45) is 18.6. The van der Waals surface area contributed by atoms with Crippen LogP contribution in [0, 0.1) is 0 Å². The van der Waals surface area contributed by atoms with Crippen LogP contribution in [0.4, 0.5) is 0 Å². The number of unbranched alkanes of at least 4 members (excludes halogenated alkanes) is 20. The second kappa shape index (κ2) is 31.3. The second-order valence-corrected chi connectivity index (χ2v) is 15.9. The fraction of sp³-hybridized carbons (Fsp3) is 0.923. The van der Waals surface area contributed by atoms with Gasteiger partial charge >= 0.3 is 13.8 Å². The van der Waals surface area contributed by atoms with Gasteiger partial charge in [-0.2, -0.15) is 0 Å². The van der Waals surface area contributed by atoms with E-state index >= 15 is 0 Å². The van der Waals surface area contributed by atoms with E-state index in [1.165, 1.54) is 83.5 Å². The molecule has 1 saturated carbocycles. The zero-order valence-corrected chi connectivity index (χ0v) is 33.3. The molecule has 0 saturated heterocycles. The van der Waals surface area contributed by atoms with Crippen LogP contribution in [0.5, 0.6) is 0 Å². The minimum absolute atomic E-state index is 0.0751. The van der Waals surface area contributed by atoms with Gasteiger partial charge in [-0.25, -0.2) is 4.57 Å². The van der Waals surface area contributed by atoms with E-state index in [9.17, 15) is 39.8 Å². The zero-order valence-electron chi connectivity index (χ0n) is 32.4. The van der Waals surface area contributed by atoms with Crippen LogP contribution in [0.15, 0.2) is 12.2 Å². The summed E-state index contributed by atoms with van der Waals surface area (Å²) in [5.74, 6) is -0.486. The van der Waals surface area contributed by atoms with Crippen LogP contribution in [-0.2, 0) is 27.9 Å². The van der Waals surface area contributed by atoms with Crippen molar-refractivity contribution in [3.63, 3.8) is 0 Å². The SMILES string of the molecule is CCCC/C=C\CCCCCCCC(=O)O[C@H](COCCCCCCCCCCCCCCCC)COP(=O)(O)OC1C(O)C(O)C(O)[C@@H](O)C1O. The summed E-state index contributed by atoms with van der Waals surface area (Å²) in [5.41, 5.74) is 0. The smallest absolute Gasteiger partial charge is 0.457 e. The molecule has 0 aromatic rings. The number of esters is 1. The summed E-state index contributed by atoms with van der Waals surface area (Å²) in [7, 11) is -5.01. The summed E-state index contributed by atoms with van der Waals surface area (Å²) in [6, 6.07) is 0. The van der Waals surface area contributed by atoms with Crippen molar-refractivity contribution in [2.75, 3.05) is 19.8 Å². The Balaban J connectivity index is 2.44. The van der Waals surface area contributed by atoms with Gasteiger partial charge in [0.15, 0.2) is 0 Å². The minimum Gasteiger partial charge on any atom is -0.457 e. The number of allylic oxidation sites excluding steroid dienone is 2. The van der Waals surface area contributed by atoms with E-state index in [-0.39, 0.29) is 13.0 Å². The average Bonchev–Trinajstić information content (AvgIpc) is 3.12. The molecule has 1 rings (SSSR count). The molecule has 0 amide bonds. The van der Waals surface area contributed by atoms with Gasteiger partial charge in [0.2, 0.25) is 0 Å². The Hall–Kier alpha value is -0.920. The Labute approximate surface area is 314 Å². The first-order valence-corrected chi connectivity index (χ1v) is 22.0. The molecule has 0 bridgehead atoms. The number of aliphatic hydroxyl groups excluding tert-OH is 5. The van der Waals surface area contributed by atoms with E-state index in [1.54, 1.807) is 0 Å². The molecular weight excluding hydrogens is 691 g/mol. The van der Waals surface area contributed by atoms with Crippen LogP contribution in [-0.4, -0.2) is 98.9 Å². The summed E-state index contributed by atoms with van der Waals surface area (Å²) < 4.78 is 34.0. The molecule has 308 valence electrons. The van der Waals surface area contributed by atoms with Crippen LogP contribution in [0.2, 0.25) is 0 Å². The first kappa shape index (κ1) is 49.1. The molecule has 12 nitrogen and oxygen atoms in total. The molecular formula is C39H75O12P. The molecule has 0 radical (unpaired) electrons. The highest BCUT2D eigenvalue weighted by Crippen LogP contribution is 2.47. The van der Waals surface area contributed by atoms with Crippen molar-refractivity contribution in [1.29, 1.82) is 0 Å². The molecule has 1 aliphatic rings. The Kier molecular flexibility index (Phi) is 29.6. The molecule has 6 unspecified atom stereocenters. The lowest BCUT2D eigenvalue weighted by Crippen LogP contribution is -2.64. The van der Waals surface area contributed by atoms with E-state index < -0.39 is 63.1 Å². The normalized spacial score (nSPS) is 23.9. The number of hydrogen-bond donors (Lipinski definition) is 6. The monoisotopic (exact) mass is 766 g/mol. The molecule has 0 aromatic heterocycles. The highest BCUT2D eigenvalue weighted by atomic mass is 31.2. The molecule has 0 aromatic carbocycles. The molecule has 8 atom stereocenters. The third-order valence-corrected chi connectivity index (χ3v) is 10.6. The van der Waals surface area contributed by atoms with Gasteiger partial charge in [-0.15, -0.1) is 0 Å². The van der Waals surface area contributed by atoms with Crippen molar-refractivity contribution < 1.29 is 58.3 Å². The van der Waals surface area contributed by atoms with E-state index in [2.05, 4.69) is 26.0 Å². The van der Waals surface area contributed by atoms with Gasteiger partial charge in [0.1, 0.15) is 42.7 Å². The minimum atomic E-state index is -5.01. The Bertz CT molecular complexity index is 921. The zero-order chi connectivity index (χ0) is 38.5. The fourth-order valence-electron chi connectivity index (χ4n) is 6.28. The van der Waals surface area contributed by atoms with Gasteiger partial charge in [0, 0.05) is 13.0 Å². The number of phosphoric ester groups is 1. The summed E-state index contributed by atoms with van der Waals surface area (Å²) in [5, 5.41) is 50.0. The quantitative estimate of drug-likeness (QED) is 0.0167. The molecule has 0 spiro atoms. The van der Waals surface area contributed by atoms with E-state index in [4.69, 9.17) is 18.5 Å². The van der Waals surface area contributed by atoms with Gasteiger partial charge in [-0.1, -0.05) is 142 Å². The third-order valence-electron chi connectivity index (χ3n) is 9.64. The topological polar surface area (TPSA) is 192 Å². The molecule has 0 aliphatic heterocycles. The molecule has 6 N–H and O–H groups in total. The molecule has 0 heterocycles. The first-order valence-electron chi connectivity index (χ1n) is 20.5. The Morgan fingerprint density at radius 1 is 0.596 bits per heavy atom. The Morgan fingerprint density at radius 3 is 1.58 bits per heavy atom. The van der Waals surface area contributed by atoms with Crippen molar-refractivity contribution in [2.24, 2.45) is 0 Å². The predicted molar refractivity (Wildman–Crippen MR) is 203 cm³/mol. The van der Waals surface area contributed by atoms with Crippen molar-refractivity contribution in [2.45, 2.75) is 211 Å². The standard InChI is InChI=1S/C39H75O12P/c1-3-5-7-9-11-13-15-16-17-19-21-23-25-27-29-48-30-32(50-33(40)28-26-24-22-20-18-14-12-10-8-6-4-2)31-49-52(46,47)51-39-37(44)35(42)34(41)36(43)38(39)45/h10,12,32,34-39,41-45H,3-9,11,13-31H2,1-2H3,(H,46,47)/b12-10-/t32-,34?,35-,36?,37?,38?,39?/m1/s1. The number of hydrogen-bond acceptors (Lipinski definition) is 11. The van der Waals surface area contributed by atoms with Crippen LogP contribution in [0.3, 0.4) is 0 Å². The number of carbonyl (C=O) groups is 1. The van der Waals surface area contributed by atoms with Crippen molar-refractivity contribution in [3.05, 3.63) is 12.2 Å². The molecule has 13 heteroatoms. The largest absolute Gasteiger partial charge is 0.472 e. The maximum absolute atomic E-state index is 12.7. The van der Waals surface area contributed by atoms with Crippen molar-refractivity contribution >= 4 is 13.8 Å². The second-order valence-electron chi connectivity index (χ2n) is 14.5. The number of rotatable bonds is 34. The fourth-order valence-corrected chi connectivity index (χ4v) is 7.25. The molecule has 1 fully saturated rings. The summed E-state index contributed by atoms with van der Waals surface area (Å²) in [6.45, 7) is 4.20. The van der Waals surface area contributed by atoms with Crippen molar-refractivity contribution in [3.8, 4) is 0 Å². The van der Waals surface area contributed by atoms with E-state index in [0.717, 1.165) is 57.8 Å². The highest BCUT2D eigenvalue weighted by molar-refractivity contribution is 7.47. The average molecular weight is 767 g/mol. The molecule has 1 aliphatic carbocycles. The number of aliphatic hydroxyl groups is 5. The van der Waals surface area contributed by atoms with Gasteiger partial charge in [0.05, 0.1) is 13.2 Å². The van der Waals surface area contributed by atoms with Gasteiger partial charge in [-0.3, -0.25) is 13.8 Å².